The molecule has 1 N–H and O–H groups in total. The maximum atomic E-state index is 12.8. The van der Waals surface area contributed by atoms with Crippen LogP contribution in [0.5, 0.6) is 0 Å². The van der Waals surface area contributed by atoms with E-state index in [1.54, 1.807) is 18.2 Å². The third-order valence-corrected chi connectivity index (χ3v) is 3.70. The fraction of sp³-hybridized carbons (Fsp3) is 0.176. The van der Waals surface area contributed by atoms with Crippen LogP contribution in [0.25, 0.3) is 0 Å². The van der Waals surface area contributed by atoms with Crippen molar-refractivity contribution in [2.45, 2.75) is 13.0 Å². The molecule has 122 valence electrons. The average molecular weight is 327 g/mol. The molecule has 24 heavy (non-hydrogen) atoms. The SMILES string of the molecule is O=C(CCN1C(=O)c2cccnc2C1=O)NCc1ccc(F)cc1. The number of pyridine rings is 1. The van der Waals surface area contributed by atoms with E-state index in [2.05, 4.69) is 10.3 Å². The van der Waals surface area contributed by atoms with Crippen molar-refractivity contribution in [3.8, 4) is 0 Å². The van der Waals surface area contributed by atoms with E-state index in [1.807, 2.05) is 0 Å². The molecule has 3 amide bonds. The average Bonchev–Trinajstić information content (AvgIpc) is 2.84. The Hall–Kier alpha value is -3.09. The van der Waals surface area contributed by atoms with Gasteiger partial charge in [-0.15, -0.1) is 0 Å². The van der Waals surface area contributed by atoms with Crippen molar-refractivity contribution in [2.24, 2.45) is 0 Å². The van der Waals surface area contributed by atoms with Gasteiger partial charge >= 0.3 is 0 Å². The second-order valence-electron chi connectivity index (χ2n) is 5.31. The highest BCUT2D eigenvalue weighted by Gasteiger charge is 2.36. The summed E-state index contributed by atoms with van der Waals surface area (Å²) in [5, 5.41) is 2.67. The van der Waals surface area contributed by atoms with Crippen molar-refractivity contribution in [3.63, 3.8) is 0 Å². The van der Waals surface area contributed by atoms with E-state index in [0.29, 0.717) is 0 Å². The summed E-state index contributed by atoms with van der Waals surface area (Å²) in [6.07, 6.45) is 1.44. The first-order valence-corrected chi connectivity index (χ1v) is 7.38. The van der Waals surface area contributed by atoms with Gasteiger partial charge in [0, 0.05) is 25.7 Å². The van der Waals surface area contributed by atoms with Crippen LogP contribution in [0.2, 0.25) is 0 Å². The number of imide groups is 1. The third-order valence-electron chi connectivity index (χ3n) is 3.70. The van der Waals surface area contributed by atoms with Crippen molar-refractivity contribution in [2.75, 3.05) is 6.54 Å². The molecule has 0 bridgehead atoms. The lowest BCUT2D eigenvalue weighted by Crippen LogP contribution is -2.34. The monoisotopic (exact) mass is 327 g/mol. The molecule has 3 rings (SSSR count). The van der Waals surface area contributed by atoms with Crippen LogP contribution in [0, 0.1) is 5.82 Å². The maximum absolute atomic E-state index is 12.8. The lowest BCUT2D eigenvalue weighted by molar-refractivity contribution is -0.121. The number of aromatic nitrogens is 1. The Morgan fingerprint density at radius 3 is 2.58 bits per heavy atom. The van der Waals surface area contributed by atoms with E-state index in [9.17, 15) is 18.8 Å². The van der Waals surface area contributed by atoms with Crippen molar-refractivity contribution in [1.82, 2.24) is 15.2 Å². The summed E-state index contributed by atoms with van der Waals surface area (Å²) < 4.78 is 12.8. The molecule has 1 aliphatic heterocycles. The third kappa shape index (κ3) is 3.15. The quantitative estimate of drug-likeness (QED) is 0.845. The Morgan fingerprint density at radius 2 is 1.88 bits per heavy atom. The highest BCUT2D eigenvalue weighted by Crippen LogP contribution is 2.20. The van der Waals surface area contributed by atoms with Gasteiger partial charge in [0.25, 0.3) is 11.8 Å². The number of hydrogen-bond acceptors (Lipinski definition) is 4. The summed E-state index contributed by atoms with van der Waals surface area (Å²) in [6.45, 7) is 0.242. The maximum Gasteiger partial charge on any atom is 0.280 e. The molecule has 1 aliphatic rings. The normalized spacial score (nSPS) is 13.1. The Bertz CT molecular complexity index is 770. The Morgan fingerprint density at radius 1 is 1.12 bits per heavy atom. The number of nitrogens with one attached hydrogen (secondary N) is 1. The van der Waals surface area contributed by atoms with Crippen molar-refractivity contribution in [3.05, 3.63) is 65.2 Å². The van der Waals surface area contributed by atoms with Crippen LogP contribution in [0.15, 0.2) is 42.6 Å². The highest BCUT2D eigenvalue weighted by molar-refractivity contribution is 6.20. The molecule has 0 atom stereocenters. The number of hydrogen-bond donors (Lipinski definition) is 1. The number of carbonyl (C=O) groups excluding carboxylic acids is 3. The van der Waals surface area contributed by atoms with Gasteiger partial charge in [-0.05, 0) is 29.8 Å². The predicted molar refractivity (Wildman–Crippen MR) is 82.5 cm³/mol. The lowest BCUT2D eigenvalue weighted by atomic mass is 10.2. The molecule has 2 heterocycles. The van der Waals surface area contributed by atoms with E-state index >= 15 is 0 Å². The Balaban J connectivity index is 1.53. The molecule has 6 nitrogen and oxygen atoms in total. The second-order valence-corrected chi connectivity index (χ2v) is 5.31. The van der Waals surface area contributed by atoms with Crippen molar-refractivity contribution in [1.29, 1.82) is 0 Å². The van der Waals surface area contributed by atoms with E-state index in [4.69, 9.17) is 0 Å². The number of nitrogens with zero attached hydrogens (tertiary/aromatic N) is 2. The van der Waals surface area contributed by atoms with Gasteiger partial charge in [0.2, 0.25) is 5.91 Å². The summed E-state index contributed by atoms with van der Waals surface area (Å²) in [4.78, 5) is 41.0. The molecular formula is C17H14FN3O3. The van der Waals surface area contributed by atoms with E-state index in [0.717, 1.165) is 10.5 Å². The molecule has 0 aliphatic carbocycles. The minimum atomic E-state index is -0.484. The largest absolute Gasteiger partial charge is 0.352 e. The van der Waals surface area contributed by atoms with Gasteiger partial charge in [0.1, 0.15) is 11.5 Å². The first-order chi connectivity index (χ1) is 11.6. The minimum absolute atomic E-state index is 0.00728. The Kier molecular flexibility index (Phi) is 4.33. The van der Waals surface area contributed by atoms with Gasteiger partial charge in [-0.2, -0.15) is 0 Å². The standard InChI is InChI=1S/C17H14FN3O3/c18-12-5-3-11(4-6-12)10-20-14(22)7-9-21-16(23)13-2-1-8-19-15(13)17(21)24/h1-6,8H,7,9-10H2,(H,20,22). The molecule has 0 fully saturated rings. The van der Waals surface area contributed by atoms with E-state index in [-0.39, 0.29) is 42.5 Å². The molecule has 0 radical (unpaired) electrons. The van der Waals surface area contributed by atoms with Crippen LogP contribution in [0.3, 0.4) is 0 Å². The molecular weight excluding hydrogens is 313 g/mol. The van der Waals surface area contributed by atoms with Crippen LogP contribution in [0.1, 0.15) is 32.8 Å². The first kappa shape index (κ1) is 15.8. The smallest absolute Gasteiger partial charge is 0.280 e. The molecule has 0 spiro atoms. The van der Waals surface area contributed by atoms with Crippen LogP contribution in [-0.4, -0.2) is 34.2 Å². The van der Waals surface area contributed by atoms with Gasteiger partial charge in [-0.3, -0.25) is 24.3 Å². The molecule has 1 aromatic heterocycles. The summed E-state index contributed by atoms with van der Waals surface area (Å²) in [5.41, 5.74) is 1.14. The summed E-state index contributed by atoms with van der Waals surface area (Å²) in [7, 11) is 0. The van der Waals surface area contributed by atoms with Crippen LogP contribution >= 0.6 is 0 Å². The summed E-state index contributed by atoms with van der Waals surface area (Å²) in [5.74, 6) is -1.57. The lowest BCUT2D eigenvalue weighted by Gasteiger charge is -2.13. The first-order valence-electron chi connectivity index (χ1n) is 7.38. The molecule has 2 aromatic rings. The van der Waals surface area contributed by atoms with Crippen LogP contribution in [0.4, 0.5) is 4.39 Å². The summed E-state index contributed by atoms with van der Waals surface area (Å²) >= 11 is 0. The number of rotatable bonds is 5. The van der Waals surface area contributed by atoms with E-state index < -0.39 is 11.8 Å². The van der Waals surface area contributed by atoms with E-state index in [1.165, 1.54) is 24.4 Å². The van der Waals surface area contributed by atoms with Gasteiger partial charge in [0.15, 0.2) is 0 Å². The molecule has 0 saturated heterocycles. The minimum Gasteiger partial charge on any atom is -0.352 e. The fourth-order valence-corrected chi connectivity index (χ4v) is 2.42. The molecule has 1 aromatic carbocycles. The number of amides is 3. The zero-order chi connectivity index (χ0) is 17.1. The van der Waals surface area contributed by atoms with Gasteiger partial charge in [-0.1, -0.05) is 12.1 Å². The fourth-order valence-electron chi connectivity index (χ4n) is 2.42. The Labute approximate surface area is 137 Å². The second kappa shape index (κ2) is 6.57. The highest BCUT2D eigenvalue weighted by atomic mass is 19.1. The molecule has 0 unspecified atom stereocenters. The molecule has 7 heteroatoms. The zero-order valence-electron chi connectivity index (χ0n) is 12.7. The number of halogens is 1. The van der Waals surface area contributed by atoms with Gasteiger partial charge < -0.3 is 5.32 Å². The number of fused-ring (bicyclic) bond motifs is 1. The van der Waals surface area contributed by atoms with Crippen molar-refractivity contribution >= 4 is 17.7 Å². The topological polar surface area (TPSA) is 79.4 Å². The zero-order valence-corrected chi connectivity index (χ0v) is 12.7. The number of benzene rings is 1. The summed E-state index contributed by atoms with van der Waals surface area (Å²) in [6, 6.07) is 8.90. The van der Waals surface area contributed by atoms with Gasteiger partial charge in [-0.25, -0.2) is 4.39 Å². The predicted octanol–water partition coefficient (Wildman–Crippen LogP) is 1.52. The number of carbonyl (C=O) groups is 3. The van der Waals surface area contributed by atoms with Crippen molar-refractivity contribution < 1.29 is 18.8 Å². The van der Waals surface area contributed by atoms with Gasteiger partial charge in [0.05, 0.1) is 5.56 Å². The van der Waals surface area contributed by atoms with Crippen LogP contribution < -0.4 is 5.32 Å². The molecule has 0 saturated carbocycles. The van der Waals surface area contributed by atoms with Crippen LogP contribution in [-0.2, 0) is 11.3 Å².